The van der Waals surface area contributed by atoms with Gasteiger partial charge in [0.05, 0.1) is 0 Å². The Hall–Kier alpha value is -0.290. The number of nitrogens with one attached hydrogen (secondary N) is 1. The van der Waals surface area contributed by atoms with Crippen LogP contribution in [0.5, 0.6) is 0 Å². The molecule has 0 aromatic rings. The number of alkyl halides is 3. The highest BCUT2D eigenvalue weighted by Gasteiger charge is 2.29. The van der Waals surface area contributed by atoms with E-state index in [4.69, 9.17) is 4.74 Å². The van der Waals surface area contributed by atoms with E-state index in [9.17, 15) is 13.2 Å². The molecule has 1 aliphatic carbocycles. The monoisotopic (exact) mass is 309 g/mol. The van der Waals surface area contributed by atoms with Crippen molar-refractivity contribution in [1.29, 1.82) is 0 Å². The first kappa shape index (κ1) is 18.8. The average Bonchev–Trinajstić information content (AvgIpc) is 2.45. The molecule has 1 fully saturated rings. The summed E-state index contributed by atoms with van der Waals surface area (Å²) >= 11 is 0. The Kier molecular flexibility index (Phi) is 8.64. The van der Waals surface area contributed by atoms with Gasteiger partial charge in [-0.25, -0.2) is 0 Å². The molecule has 0 spiro atoms. The van der Waals surface area contributed by atoms with Crippen molar-refractivity contribution in [2.24, 2.45) is 11.8 Å². The molecule has 0 bridgehead atoms. The van der Waals surface area contributed by atoms with Crippen LogP contribution in [0.25, 0.3) is 0 Å². The van der Waals surface area contributed by atoms with Gasteiger partial charge < -0.3 is 10.1 Å². The predicted octanol–water partition coefficient (Wildman–Crippen LogP) is 4.54. The fourth-order valence-corrected chi connectivity index (χ4v) is 3.30. The minimum Gasteiger partial charge on any atom is -0.372 e. The number of ether oxygens (including phenoxy) is 1. The SMILES string of the molecule is CCCNC(CCOCC(F)(F)F)C1CCCC(CC)C1. The van der Waals surface area contributed by atoms with E-state index in [1.54, 1.807) is 0 Å². The van der Waals surface area contributed by atoms with Crippen molar-refractivity contribution < 1.29 is 17.9 Å². The second-order valence-electron chi connectivity index (χ2n) is 6.22. The first-order chi connectivity index (χ1) is 9.96. The molecule has 5 heteroatoms. The first-order valence-electron chi connectivity index (χ1n) is 8.34. The summed E-state index contributed by atoms with van der Waals surface area (Å²) < 4.78 is 41.1. The molecule has 0 saturated heterocycles. The van der Waals surface area contributed by atoms with E-state index in [-0.39, 0.29) is 6.61 Å². The van der Waals surface area contributed by atoms with Crippen LogP contribution in [0.4, 0.5) is 13.2 Å². The van der Waals surface area contributed by atoms with Crippen molar-refractivity contribution in [2.75, 3.05) is 19.8 Å². The van der Waals surface area contributed by atoms with E-state index >= 15 is 0 Å². The smallest absolute Gasteiger partial charge is 0.372 e. The molecule has 1 saturated carbocycles. The lowest BCUT2D eigenvalue weighted by Gasteiger charge is -2.35. The second-order valence-corrected chi connectivity index (χ2v) is 6.22. The van der Waals surface area contributed by atoms with Crippen molar-refractivity contribution in [3.05, 3.63) is 0 Å². The maximum Gasteiger partial charge on any atom is 0.411 e. The van der Waals surface area contributed by atoms with Gasteiger partial charge in [0.1, 0.15) is 6.61 Å². The third kappa shape index (κ3) is 8.05. The second kappa shape index (κ2) is 9.67. The van der Waals surface area contributed by atoms with E-state index in [0.29, 0.717) is 18.4 Å². The normalized spacial score (nSPS) is 25.0. The average molecular weight is 309 g/mol. The molecule has 1 N–H and O–H groups in total. The summed E-state index contributed by atoms with van der Waals surface area (Å²) in [4.78, 5) is 0. The molecule has 3 unspecified atom stereocenters. The summed E-state index contributed by atoms with van der Waals surface area (Å²) in [6.07, 6.45) is 3.66. The molecular weight excluding hydrogens is 279 g/mol. The topological polar surface area (TPSA) is 21.3 Å². The summed E-state index contributed by atoms with van der Waals surface area (Å²) in [5.74, 6) is 1.37. The van der Waals surface area contributed by atoms with Crippen molar-refractivity contribution >= 4 is 0 Å². The standard InChI is InChI=1S/C16H30F3NO/c1-3-9-20-15(8-10-21-12-16(17,18)19)14-7-5-6-13(4-2)11-14/h13-15,20H,3-12H2,1-2H3. The maximum absolute atomic E-state index is 12.1. The molecule has 126 valence electrons. The van der Waals surface area contributed by atoms with Crippen molar-refractivity contribution in [3.8, 4) is 0 Å². The molecule has 0 aromatic heterocycles. The fraction of sp³-hybridized carbons (Fsp3) is 1.00. The van der Waals surface area contributed by atoms with Gasteiger partial charge in [0.15, 0.2) is 0 Å². The minimum absolute atomic E-state index is 0.189. The molecule has 0 amide bonds. The van der Waals surface area contributed by atoms with Crippen LogP contribution in [0.3, 0.4) is 0 Å². The van der Waals surface area contributed by atoms with Crippen LogP contribution in [0, 0.1) is 11.8 Å². The minimum atomic E-state index is -4.22. The Bertz CT molecular complexity index is 271. The molecule has 0 heterocycles. The molecule has 1 rings (SSSR count). The van der Waals surface area contributed by atoms with Gasteiger partial charge in [0.25, 0.3) is 0 Å². The van der Waals surface area contributed by atoms with Gasteiger partial charge in [-0.2, -0.15) is 13.2 Å². The Balaban J connectivity index is 2.39. The van der Waals surface area contributed by atoms with Gasteiger partial charge in [-0.1, -0.05) is 33.1 Å². The van der Waals surface area contributed by atoms with Gasteiger partial charge in [-0.3, -0.25) is 0 Å². The number of hydrogen-bond donors (Lipinski definition) is 1. The van der Waals surface area contributed by atoms with Crippen molar-refractivity contribution in [1.82, 2.24) is 5.32 Å². The van der Waals surface area contributed by atoms with Gasteiger partial charge in [0.2, 0.25) is 0 Å². The van der Waals surface area contributed by atoms with Crippen LogP contribution in [-0.2, 0) is 4.74 Å². The number of hydrogen-bond acceptors (Lipinski definition) is 2. The quantitative estimate of drug-likeness (QED) is 0.631. The third-order valence-electron chi connectivity index (χ3n) is 4.47. The largest absolute Gasteiger partial charge is 0.411 e. The molecular formula is C16H30F3NO. The zero-order valence-corrected chi connectivity index (χ0v) is 13.3. The summed E-state index contributed by atoms with van der Waals surface area (Å²) in [6.45, 7) is 4.33. The van der Waals surface area contributed by atoms with E-state index in [1.807, 2.05) is 0 Å². The summed E-state index contributed by atoms with van der Waals surface area (Å²) in [6, 6.07) is 0.299. The van der Waals surface area contributed by atoms with Crippen LogP contribution in [0.2, 0.25) is 0 Å². The van der Waals surface area contributed by atoms with E-state index < -0.39 is 12.8 Å². The molecule has 3 atom stereocenters. The molecule has 0 radical (unpaired) electrons. The van der Waals surface area contributed by atoms with Gasteiger partial charge >= 0.3 is 6.18 Å². The van der Waals surface area contributed by atoms with Gasteiger partial charge in [0, 0.05) is 12.6 Å². The zero-order chi connectivity index (χ0) is 15.7. The Morgan fingerprint density at radius 2 is 2.00 bits per heavy atom. The summed E-state index contributed by atoms with van der Waals surface area (Å²) in [5.41, 5.74) is 0. The Labute approximate surface area is 126 Å². The van der Waals surface area contributed by atoms with Crippen LogP contribution in [0.15, 0.2) is 0 Å². The van der Waals surface area contributed by atoms with Crippen LogP contribution in [-0.4, -0.2) is 32.0 Å². The highest BCUT2D eigenvalue weighted by Crippen LogP contribution is 2.33. The lowest BCUT2D eigenvalue weighted by atomic mass is 9.76. The predicted molar refractivity (Wildman–Crippen MR) is 79.3 cm³/mol. The van der Waals surface area contributed by atoms with Gasteiger partial charge in [-0.05, 0) is 44.1 Å². The third-order valence-corrected chi connectivity index (χ3v) is 4.47. The summed E-state index contributed by atoms with van der Waals surface area (Å²) in [5, 5.41) is 3.52. The summed E-state index contributed by atoms with van der Waals surface area (Å²) in [7, 11) is 0. The van der Waals surface area contributed by atoms with Crippen molar-refractivity contribution in [3.63, 3.8) is 0 Å². The lowest BCUT2D eigenvalue weighted by Crippen LogP contribution is -2.40. The van der Waals surface area contributed by atoms with Crippen LogP contribution >= 0.6 is 0 Å². The first-order valence-corrected chi connectivity index (χ1v) is 8.34. The van der Waals surface area contributed by atoms with Gasteiger partial charge in [-0.15, -0.1) is 0 Å². The fourth-order valence-electron chi connectivity index (χ4n) is 3.30. The molecule has 1 aliphatic rings. The van der Waals surface area contributed by atoms with Crippen molar-refractivity contribution in [2.45, 2.75) is 71.0 Å². The zero-order valence-electron chi connectivity index (χ0n) is 13.3. The van der Waals surface area contributed by atoms with Crippen LogP contribution in [0.1, 0.15) is 58.8 Å². The molecule has 0 aliphatic heterocycles. The molecule has 0 aromatic carbocycles. The Morgan fingerprint density at radius 1 is 1.24 bits per heavy atom. The number of rotatable bonds is 9. The molecule has 2 nitrogen and oxygen atoms in total. The number of halogens is 3. The maximum atomic E-state index is 12.1. The molecule has 21 heavy (non-hydrogen) atoms. The van der Waals surface area contributed by atoms with Crippen LogP contribution < -0.4 is 5.32 Å². The van der Waals surface area contributed by atoms with E-state index in [0.717, 1.165) is 18.9 Å². The highest BCUT2D eigenvalue weighted by molar-refractivity contribution is 4.82. The van der Waals surface area contributed by atoms with E-state index in [1.165, 1.54) is 32.1 Å². The highest BCUT2D eigenvalue weighted by atomic mass is 19.4. The van der Waals surface area contributed by atoms with E-state index in [2.05, 4.69) is 19.2 Å². The lowest BCUT2D eigenvalue weighted by molar-refractivity contribution is -0.174. The Morgan fingerprint density at radius 3 is 2.62 bits per heavy atom.